The van der Waals surface area contributed by atoms with E-state index in [2.05, 4.69) is 6.07 Å². The van der Waals surface area contributed by atoms with Crippen molar-refractivity contribution in [3.63, 3.8) is 0 Å². The van der Waals surface area contributed by atoms with E-state index in [4.69, 9.17) is 11.6 Å². The summed E-state index contributed by atoms with van der Waals surface area (Å²) < 4.78 is 0. The van der Waals surface area contributed by atoms with Crippen LogP contribution in [-0.2, 0) is 16.6 Å². The Bertz CT molecular complexity index is 432. The number of Topliss-reactive ketones (excluding diaryl/α,β-unsaturated/α-hetero) is 1. The molecular formula is C13H13ClO. The molecule has 1 fully saturated rings. The second-order valence-electron chi connectivity index (χ2n) is 4.66. The van der Waals surface area contributed by atoms with E-state index in [0.29, 0.717) is 12.2 Å². The monoisotopic (exact) mass is 220 g/mol. The Balaban J connectivity index is 2.18. The zero-order chi connectivity index (χ0) is 10.5. The summed E-state index contributed by atoms with van der Waals surface area (Å²) in [6.07, 6.45) is 4.85. The van der Waals surface area contributed by atoms with Crippen molar-refractivity contribution in [3.05, 3.63) is 34.3 Å². The fraction of sp³-hybridized carbons (Fsp3) is 0.462. The molecule has 0 unspecified atom stereocenters. The van der Waals surface area contributed by atoms with Crippen molar-refractivity contribution >= 4 is 17.4 Å². The molecule has 15 heavy (non-hydrogen) atoms. The van der Waals surface area contributed by atoms with Crippen LogP contribution in [0.1, 0.15) is 36.8 Å². The zero-order valence-electron chi connectivity index (χ0n) is 8.55. The molecule has 0 amide bonds. The molecule has 2 heteroatoms. The van der Waals surface area contributed by atoms with Crippen LogP contribution in [0.25, 0.3) is 0 Å². The number of aryl methyl sites for hydroxylation is 1. The topological polar surface area (TPSA) is 17.1 Å². The summed E-state index contributed by atoms with van der Waals surface area (Å²) in [5, 5.41) is 0.759. The van der Waals surface area contributed by atoms with E-state index in [-0.39, 0.29) is 5.41 Å². The molecule has 78 valence electrons. The van der Waals surface area contributed by atoms with Crippen molar-refractivity contribution in [2.75, 3.05) is 0 Å². The first-order valence-electron chi connectivity index (χ1n) is 5.55. The number of rotatable bonds is 0. The Morgan fingerprint density at radius 3 is 2.67 bits per heavy atom. The second-order valence-corrected chi connectivity index (χ2v) is 5.10. The maximum atomic E-state index is 12.0. The molecule has 1 aromatic rings. The number of hydrogen-bond acceptors (Lipinski definition) is 1. The lowest BCUT2D eigenvalue weighted by molar-refractivity contribution is -0.128. The minimum absolute atomic E-state index is 0.140. The molecule has 2 aliphatic rings. The lowest BCUT2D eigenvalue weighted by atomic mass is 9.57. The van der Waals surface area contributed by atoms with Gasteiger partial charge in [0.25, 0.3) is 0 Å². The van der Waals surface area contributed by atoms with E-state index in [1.165, 1.54) is 17.5 Å². The van der Waals surface area contributed by atoms with Crippen LogP contribution in [0.5, 0.6) is 0 Å². The van der Waals surface area contributed by atoms with Crippen LogP contribution in [0.15, 0.2) is 18.2 Å². The Morgan fingerprint density at radius 2 is 2.00 bits per heavy atom. The fourth-order valence-corrected chi connectivity index (χ4v) is 3.10. The highest BCUT2D eigenvalue weighted by Crippen LogP contribution is 2.49. The van der Waals surface area contributed by atoms with Crippen molar-refractivity contribution in [2.45, 2.75) is 37.5 Å². The van der Waals surface area contributed by atoms with E-state index < -0.39 is 0 Å². The molecule has 0 aliphatic heterocycles. The maximum Gasteiger partial charge on any atom is 0.143 e. The summed E-state index contributed by atoms with van der Waals surface area (Å²) in [6, 6.07) is 6.03. The van der Waals surface area contributed by atoms with Gasteiger partial charge in [-0.25, -0.2) is 0 Å². The first-order chi connectivity index (χ1) is 7.22. The number of carbonyl (C=O) groups excluding carboxylic acids is 1. The van der Waals surface area contributed by atoms with Gasteiger partial charge in [-0.2, -0.15) is 0 Å². The second kappa shape index (κ2) is 3.08. The van der Waals surface area contributed by atoms with Crippen molar-refractivity contribution in [1.29, 1.82) is 0 Å². The quantitative estimate of drug-likeness (QED) is 0.656. The van der Waals surface area contributed by atoms with Gasteiger partial charge < -0.3 is 0 Å². The van der Waals surface area contributed by atoms with Gasteiger partial charge in [0.1, 0.15) is 5.78 Å². The van der Waals surface area contributed by atoms with Crippen molar-refractivity contribution < 1.29 is 4.79 Å². The minimum atomic E-state index is -0.140. The number of ketones is 1. The highest BCUT2D eigenvalue weighted by Gasteiger charge is 2.47. The number of halogens is 1. The number of benzene rings is 1. The van der Waals surface area contributed by atoms with Crippen LogP contribution in [0.4, 0.5) is 0 Å². The van der Waals surface area contributed by atoms with E-state index in [9.17, 15) is 4.79 Å². The molecule has 0 bridgehead atoms. The lowest BCUT2D eigenvalue weighted by Crippen LogP contribution is -2.45. The largest absolute Gasteiger partial charge is 0.299 e. The van der Waals surface area contributed by atoms with Crippen LogP contribution < -0.4 is 0 Å². The summed E-state index contributed by atoms with van der Waals surface area (Å²) >= 11 is 6.02. The predicted octanol–water partition coefficient (Wildman–Crippen LogP) is 3.28. The number of hydrogen-bond donors (Lipinski definition) is 0. The molecule has 0 saturated heterocycles. The van der Waals surface area contributed by atoms with Gasteiger partial charge in [0.05, 0.1) is 5.41 Å². The van der Waals surface area contributed by atoms with Crippen LogP contribution in [0, 0.1) is 0 Å². The third kappa shape index (κ3) is 1.19. The Morgan fingerprint density at radius 1 is 1.20 bits per heavy atom. The molecule has 0 atom stereocenters. The normalized spacial score (nSPS) is 22.3. The standard InChI is InChI=1S/C13H13ClO/c14-10-4-2-9-3-5-12(15)13(6-1-7-13)11(9)8-10/h2,4,8H,1,3,5-7H2. The Hall–Kier alpha value is -0.820. The van der Waals surface area contributed by atoms with Crippen LogP contribution in [0.2, 0.25) is 5.02 Å². The van der Waals surface area contributed by atoms with Crippen LogP contribution >= 0.6 is 11.6 Å². The highest BCUT2D eigenvalue weighted by molar-refractivity contribution is 6.30. The van der Waals surface area contributed by atoms with Gasteiger partial charge in [-0.3, -0.25) is 4.79 Å². The average Bonchev–Trinajstić information content (AvgIpc) is 2.14. The summed E-state index contributed by atoms with van der Waals surface area (Å²) in [6.45, 7) is 0. The molecule has 1 saturated carbocycles. The Labute approximate surface area is 94.4 Å². The van der Waals surface area contributed by atoms with E-state index >= 15 is 0 Å². The van der Waals surface area contributed by atoms with E-state index in [0.717, 1.165) is 24.3 Å². The van der Waals surface area contributed by atoms with Gasteiger partial charge in [-0.05, 0) is 42.5 Å². The smallest absolute Gasteiger partial charge is 0.143 e. The fourth-order valence-electron chi connectivity index (χ4n) is 2.93. The molecular weight excluding hydrogens is 208 g/mol. The third-order valence-corrected chi connectivity index (χ3v) is 4.18. The molecule has 1 nitrogen and oxygen atoms in total. The van der Waals surface area contributed by atoms with E-state index in [1.807, 2.05) is 12.1 Å². The van der Waals surface area contributed by atoms with Gasteiger partial charge in [-0.15, -0.1) is 0 Å². The Kier molecular flexibility index (Phi) is 1.93. The number of fused-ring (bicyclic) bond motifs is 2. The molecule has 3 rings (SSSR count). The first-order valence-corrected chi connectivity index (χ1v) is 5.92. The summed E-state index contributed by atoms with van der Waals surface area (Å²) in [4.78, 5) is 12.0. The average molecular weight is 221 g/mol. The van der Waals surface area contributed by atoms with Gasteiger partial charge in [0, 0.05) is 11.4 Å². The molecule has 1 spiro atoms. The highest BCUT2D eigenvalue weighted by atomic mass is 35.5. The van der Waals surface area contributed by atoms with Gasteiger partial charge >= 0.3 is 0 Å². The maximum absolute atomic E-state index is 12.0. The molecule has 0 N–H and O–H groups in total. The predicted molar refractivity (Wildman–Crippen MR) is 60.3 cm³/mol. The van der Waals surface area contributed by atoms with Crippen molar-refractivity contribution in [1.82, 2.24) is 0 Å². The van der Waals surface area contributed by atoms with Gasteiger partial charge in [-0.1, -0.05) is 24.1 Å². The van der Waals surface area contributed by atoms with Crippen LogP contribution in [0.3, 0.4) is 0 Å². The molecule has 1 aromatic carbocycles. The summed E-state index contributed by atoms with van der Waals surface area (Å²) in [5.74, 6) is 0.434. The van der Waals surface area contributed by atoms with Gasteiger partial charge in [0.15, 0.2) is 0 Å². The van der Waals surface area contributed by atoms with E-state index in [1.54, 1.807) is 0 Å². The molecule has 0 aromatic heterocycles. The molecule has 0 radical (unpaired) electrons. The lowest BCUT2D eigenvalue weighted by Gasteiger charge is -2.44. The first kappa shape index (κ1) is 9.41. The van der Waals surface area contributed by atoms with Crippen molar-refractivity contribution in [2.24, 2.45) is 0 Å². The summed E-state index contributed by atoms with van der Waals surface area (Å²) in [5.41, 5.74) is 2.41. The van der Waals surface area contributed by atoms with Crippen molar-refractivity contribution in [3.8, 4) is 0 Å². The van der Waals surface area contributed by atoms with Crippen LogP contribution in [-0.4, -0.2) is 5.78 Å². The minimum Gasteiger partial charge on any atom is -0.299 e. The molecule has 2 aliphatic carbocycles. The molecule has 0 heterocycles. The third-order valence-electron chi connectivity index (χ3n) is 3.95. The SMILES string of the molecule is O=C1CCc2ccc(Cl)cc2C12CCC2. The number of carbonyl (C=O) groups is 1. The summed E-state index contributed by atoms with van der Waals surface area (Å²) in [7, 11) is 0. The zero-order valence-corrected chi connectivity index (χ0v) is 9.31. The van der Waals surface area contributed by atoms with Gasteiger partial charge in [0.2, 0.25) is 0 Å².